The van der Waals surface area contributed by atoms with Gasteiger partial charge < -0.3 is 33.8 Å². The Balaban J connectivity index is 5.44. The minimum absolute atomic E-state index is 0.0345. The molecular weight excluding hydrogens is 1280 g/mol. The van der Waals surface area contributed by atoms with E-state index in [-0.39, 0.29) is 25.7 Å². The van der Waals surface area contributed by atoms with Gasteiger partial charge in [0.2, 0.25) is 0 Å². The van der Waals surface area contributed by atoms with Gasteiger partial charge in [0.25, 0.3) is 0 Å². The maximum atomic E-state index is 13.1. The highest BCUT2D eigenvalue weighted by Gasteiger charge is 2.30. The minimum Gasteiger partial charge on any atom is -0.462 e. The molecule has 0 amide bonds. The van der Waals surface area contributed by atoms with E-state index in [1.54, 1.807) is 6.08 Å². The Morgan fingerprint density at radius 1 is 0.306 bits per heavy atom. The van der Waals surface area contributed by atoms with Crippen LogP contribution in [0, 0.1) is 0 Å². The first-order valence-corrected chi connectivity index (χ1v) is 40.1. The number of unbranched alkanes of at least 4 members (excludes halogenated alkanes) is 19. The summed E-state index contributed by atoms with van der Waals surface area (Å²) in [5.41, 5.74) is 0. The number of ether oxygens (including phenoxy) is 4. The van der Waals surface area contributed by atoms with Crippen molar-refractivity contribution in [3.8, 4) is 0 Å². The zero-order valence-electron chi connectivity index (χ0n) is 60.7. The molecule has 0 saturated carbocycles. The van der Waals surface area contributed by atoms with Gasteiger partial charge in [-0.2, -0.15) is 0 Å². The molecule has 17 nitrogen and oxygen atoms in total. The normalized spacial score (nSPS) is 14.8. The van der Waals surface area contributed by atoms with Crippen molar-refractivity contribution in [2.45, 2.75) is 290 Å². The van der Waals surface area contributed by atoms with Crippen LogP contribution in [-0.2, 0) is 65.4 Å². The molecule has 0 aliphatic carbocycles. The van der Waals surface area contributed by atoms with E-state index in [0.29, 0.717) is 32.1 Å². The van der Waals surface area contributed by atoms with Gasteiger partial charge in [0.15, 0.2) is 12.2 Å². The maximum Gasteiger partial charge on any atom is 0.472 e. The minimum atomic E-state index is -5.00. The van der Waals surface area contributed by atoms with Gasteiger partial charge in [0.05, 0.1) is 32.8 Å². The van der Waals surface area contributed by atoms with Crippen molar-refractivity contribution < 1.29 is 80.2 Å². The number of aliphatic hydroxyl groups excluding tert-OH is 1. The van der Waals surface area contributed by atoms with Crippen molar-refractivity contribution >= 4 is 39.5 Å². The SMILES string of the molecule is CC/C=C\C/C=C\C/C=C\C/C=C\C/C=C\CC(=O)OCC(COP(=O)(O)OCC(O)COP(=O)(O)OCC(COC(=O)CCCCCCCCC/C=C\C/C=C\C/C=C\CC)OC(=O)CCCC/C=C\C/C=C\C/C=C\C/C=C\CC)OC(=O)CCCCCCCCCCCCC. The van der Waals surface area contributed by atoms with Crippen LogP contribution in [0.2, 0.25) is 0 Å². The Kier molecular flexibility index (Phi) is 66.7. The van der Waals surface area contributed by atoms with E-state index in [9.17, 15) is 43.2 Å². The average Bonchev–Trinajstić information content (AvgIpc) is 0.985. The van der Waals surface area contributed by atoms with Crippen molar-refractivity contribution in [2.24, 2.45) is 0 Å². The first-order valence-electron chi connectivity index (χ1n) is 37.1. The molecule has 0 aliphatic heterocycles. The van der Waals surface area contributed by atoms with Crippen molar-refractivity contribution in [1.29, 1.82) is 0 Å². The van der Waals surface area contributed by atoms with Crippen LogP contribution >= 0.6 is 15.6 Å². The summed E-state index contributed by atoms with van der Waals surface area (Å²) in [7, 11) is -9.99. The predicted octanol–water partition coefficient (Wildman–Crippen LogP) is 21.1. The third kappa shape index (κ3) is 69.4. The van der Waals surface area contributed by atoms with Gasteiger partial charge in [0, 0.05) is 19.3 Å². The summed E-state index contributed by atoms with van der Waals surface area (Å²) < 4.78 is 68.2. The van der Waals surface area contributed by atoms with E-state index in [1.807, 2.05) is 18.2 Å². The van der Waals surface area contributed by atoms with Gasteiger partial charge in [0.1, 0.15) is 19.3 Å². The molecule has 0 aromatic heterocycles. The van der Waals surface area contributed by atoms with Crippen molar-refractivity contribution in [2.75, 3.05) is 39.6 Å². The van der Waals surface area contributed by atoms with E-state index in [4.69, 9.17) is 37.0 Å². The van der Waals surface area contributed by atoms with E-state index in [2.05, 4.69) is 149 Å². The second-order valence-corrected chi connectivity index (χ2v) is 27.0. The second-order valence-electron chi connectivity index (χ2n) is 24.1. The van der Waals surface area contributed by atoms with Crippen LogP contribution < -0.4 is 0 Å². The van der Waals surface area contributed by atoms with E-state index in [1.165, 1.54) is 38.5 Å². The molecule has 98 heavy (non-hydrogen) atoms. The number of carbonyl (C=O) groups is 4. The number of hydrogen-bond donors (Lipinski definition) is 3. The molecule has 5 atom stereocenters. The molecule has 0 bridgehead atoms. The number of phosphoric ester groups is 2. The molecular formula is C79H130O17P2. The summed E-state index contributed by atoms with van der Waals surface area (Å²) in [4.78, 5) is 72.7. The van der Waals surface area contributed by atoms with E-state index in [0.717, 1.165) is 148 Å². The fraction of sp³-hybridized carbons (Fsp3) is 0.646. The van der Waals surface area contributed by atoms with Crippen molar-refractivity contribution in [1.82, 2.24) is 0 Å². The van der Waals surface area contributed by atoms with Gasteiger partial charge in [-0.1, -0.05) is 270 Å². The van der Waals surface area contributed by atoms with Crippen LogP contribution in [0.15, 0.2) is 146 Å². The van der Waals surface area contributed by atoms with Gasteiger partial charge in [-0.3, -0.25) is 37.3 Å². The van der Waals surface area contributed by atoms with Crippen molar-refractivity contribution in [3.63, 3.8) is 0 Å². The zero-order valence-corrected chi connectivity index (χ0v) is 62.4. The van der Waals surface area contributed by atoms with Crippen molar-refractivity contribution in [3.05, 3.63) is 146 Å². The van der Waals surface area contributed by atoms with Crippen LogP contribution in [0.4, 0.5) is 0 Å². The fourth-order valence-corrected chi connectivity index (χ4v) is 10.9. The number of allylic oxidation sites excluding steroid dienone is 23. The Morgan fingerprint density at radius 3 is 0.929 bits per heavy atom. The molecule has 0 spiro atoms. The highest BCUT2D eigenvalue weighted by Crippen LogP contribution is 2.45. The molecule has 5 unspecified atom stereocenters. The van der Waals surface area contributed by atoms with Crippen LogP contribution in [0.1, 0.15) is 272 Å². The summed E-state index contributed by atoms with van der Waals surface area (Å²) in [6, 6.07) is 0. The number of carbonyl (C=O) groups excluding carboxylic acids is 4. The van der Waals surface area contributed by atoms with Crippen LogP contribution in [-0.4, -0.2) is 96.7 Å². The molecule has 0 aromatic carbocycles. The number of rotatable bonds is 68. The summed E-state index contributed by atoms with van der Waals surface area (Å²) in [5, 5.41) is 10.6. The quantitative estimate of drug-likeness (QED) is 0.0169. The van der Waals surface area contributed by atoms with E-state index < -0.39 is 97.5 Å². The largest absolute Gasteiger partial charge is 0.472 e. The predicted molar refractivity (Wildman–Crippen MR) is 399 cm³/mol. The third-order valence-electron chi connectivity index (χ3n) is 14.8. The molecule has 0 fully saturated rings. The van der Waals surface area contributed by atoms with Crippen LogP contribution in [0.3, 0.4) is 0 Å². The van der Waals surface area contributed by atoms with E-state index >= 15 is 0 Å². The number of esters is 4. The summed E-state index contributed by atoms with van der Waals surface area (Å²) in [6.45, 7) is 4.33. The second kappa shape index (κ2) is 70.4. The maximum absolute atomic E-state index is 13.1. The molecule has 0 aromatic rings. The molecule has 19 heteroatoms. The number of phosphoric acid groups is 2. The Hall–Kier alpha value is -5.06. The lowest BCUT2D eigenvalue weighted by Crippen LogP contribution is -2.30. The molecule has 0 aliphatic rings. The molecule has 558 valence electrons. The number of aliphatic hydroxyl groups is 1. The monoisotopic (exact) mass is 1410 g/mol. The highest BCUT2D eigenvalue weighted by molar-refractivity contribution is 7.47. The lowest BCUT2D eigenvalue weighted by Gasteiger charge is -2.21. The van der Waals surface area contributed by atoms with Crippen LogP contribution in [0.25, 0.3) is 0 Å². The van der Waals surface area contributed by atoms with Gasteiger partial charge in [-0.25, -0.2) is 9.13 Å². The Morgan fingerprint density at radius 2 is 0.571 bits per heavy atom. The number of hydrogen-bond acceptors (Lipinski definition) is 15. The fourth-order valence-electron chi connectivity index (χ4n) is 9.30. The van der Waals surface area contributed by atoms with Gasteiger partial charge >= 0.3 is 39.5 Å². The van der Waals surface area contributed by atoms with Gasteiger partial charge in [-0.15, -0.1) is 0 Å². The highest BCUT2D eigenvalue weighted by atomic mass is 31.2. The summed E-state index contributed by atoms with van der Waals surface area (Å²) in [6.07, 6.45) is 78.9. The van der Waals surface area contributed by atoms with Crippen LogP contribution in [0.5, 0.6) is 0 Å². The molecule has 0 rings (SSSR count). The molecule has 0 saturated heterocycles. The molecule has 0 radical (unpaired) electrons. The lowest BCUT2D eigenvalue weighted by molar-refractivity contribution is -0.161. The standard InChI is InChI=1S/C79H130O17P2/c1-5-9-13-17-21-25-29-32-35-36-39-41-45-48-52-56-60-64-77(82)90-70-75(96-79(84)66-62-58-54-50-46-42-38-34-31-27-23-19-15-11-7-3)72-94-98(87,88)92-68-73(80)67-91-97(85,86)93-71-74(95-78(83)65-61-57-53-49-43-28-24-20-16-12-8-4)69-89-76(81)63-59-55-51-47-44-40-37-33-30-26-22-18-14-10-6-2/h9-11,13-15,21-23,25-27,32-35,37-38,44,46-47,50,55,59,73-75,80H,5-8,12,16-20,24,28-31,36,39-43,45,48-49,51-54,56-58,60-72H2,1-4H3,(H,85,86)(H,87,88)/b13-9-,14-10-,15-11-,25-21-,26-22-,27-23-,35-32-,37-33-,38-34-,47-44-,50-46-,59-55-. The topological polar surface area (TPSA) is 237 Å². The smallest absolute Gasteiger partial charge is 0.462 e. The van der Waals surface area contributed by atoms with Gasteiger partial charge in [-0.05, 0) is 122 Å². The molecule has 0 heterocycles. The first kappa shape index (κ1) is 92.9. The third-order valence-corrected chi connectivity index (χ3v) is 16.7. The summed E-state index contributed by atoms with van der Waals surface area (Å²) in [5.74, 6) is -2.39. The molecule has 3 N–H and O–H groups in total. The lowest BCUT2D eigenvalue weighted by atomic mass is 10.1. The average molecular weight is 1410 g/mol. The summed E-state index contributed by atoms with van der Waals surface area (Å²) >= 11 is 0. The Bertz CT molecular complexity index is 2430. The first-order chi connectivity index (χ1) is 47.7. The zero-order chi connectivity index (χ0) is 71.8. The Labute approximate surface area is 592 Å².